The highest BCUT2D eigenvalue weighted by atomic mass is 32.1. The van der Waals surface area contributed by atoms with Crippen molar-refractivity contribution in [2.75, 3.05) is 0 Å². The predicted molar refractivity (Wildman–Crippen MR) is 67.6 cm³/mol. The van der Waals surface area contributed by atoms with E-state index >= 15 is 0 Å². The fourth-order valence-corrected chi connectivity index (χ4v) is 3.05. The summed E-state index contributed by atoms with van der Waals surface area (Å²) >= 11 is 1.95. The van der Waals surface area contributed by atoms with Gasteiger partial charge in [-0.25, -0.2) is 0 Å². The highest BCUT2D eigenvalue weighted by Gasteiger charge is 2.21. The van der Waals surface area contributed by atoms with Gasteiger partial charge < -0.3 is 5.32 Å². The topological polar surface area (TPSA) is 12.0 Å². The summed E-state index contributed by atoms with van der Waals surface area (Å²) in [5.41, 5.74) is 3.20. The fraction of sp³-hybridized carbons (Fsp3) is 0.692. The standard InChI is InChI=1S/C13H21NS/c1-3-5-12-10(8-14-11-6-7-11)9-15-13(12)4-2/h9,11,14H,3-8H2,1-2H3. The summed E-state index contributed by atoms with van der Waals surface area (Å²) in [6, 6.07) is 0.824. The second-order valence-electron chi connectivity index (χ2n) is 4.42. The van der Waals surface area contributed by atoms with Gasteiger partial charge in [-0.05, 0) is 42.2 Å². The molecular formula is C13H21NS. The fourth-order valence-electron chi connectivity index (χ4n) is 2.00. The second kappa shape index (κ2) is 5.13. The van der Waals surface area contributed by atoms with E-state index in [1.807, 2.05) is 11.3 Å². The first-order valence-corrected chi connectivity index (χ1v) is 7.04. The lowest BCUT2D eigenvalue weighted by Crippen LogP contribution is -2.15. The molecule has 0 saturated heterocycles. The third-order valence-corrected chi connectivity index (χ3v) is 4.27. The molecule has 0 bridgehead atoms. The summed E-state index contributed by atoms with van der Waals surface area (Å²) in [5, 5.41) is 5.98. The normalized spacial score (nSPS) is 15.9. The molecule has 0 amide bonds. The molecule has 0 spiro atoms. The van der Waals surface area contributed by atoms with Crippen molar-refractivity contribution in [3.63, 3.8) is 0 Å². The summed E-state index contributed by atoms with van der Waals surface area (Å²) in [4.78, 5) is 1.60. The lowest BCUT2D eigenvalue weighted by atomic mass is 10.0. The van der Waals surface area contributed by atoms with Crippen LogP contribution in [0.15, 0.2) is 5.38 Å². The molecule has 1 aromatic heterocycles. The predicted octanol–water partition coefficient (Wildman–Crippen LogP) is 3.52. The molecule has 1 aromatic rings. The monoisotopic (exact) mass is 223 g/mol. The lowest BCUT2D eigenvalue weighted by Gasteiger charge is -2.06. The van der Waals surface area contributed by atoms with Gasteiger partial charge in [0.25, 0.3) is 0 Å². The molecule has 0 radical (unpaired) electrons. The van der Waals surface area contributed by atoms with Crippen molar-refractivity contribution in [2.24, 2.45) is 0 Å². The van der Waals surface area contributed by atoms with E-state index in [9.17, 15) is 0 Å². The molecule has 1 saturated carbocycles. The average Bonchev–Trinajstić information content (AvgIpc) is 2.99. The zero-order valence-corrected chi connectivity index (χ0v) is 10.6. The van der Waals surface area contributed by atoms with Gasteiger partial charge in [0.1, 0.15) is 0 Å². The smallest absolute Gasteiger partial charge is 0.0219 e. The van der Waals surface area contributed by atoms with Gasteiger partial charge in [0.15, 0.2) is 0 Å². The minimum Gasteiger partial charge on any atom is -0.310 e. The first-order valence-electron chi connectivity index (χ1n) is 6.16. The van der Waals surface area contributed by atoms with Gasteiger partial charge in [0.05, 0.1) is 0 Å². The molecule has 1 nitrogen and oxygen atoms in total. The first kappa shape index (κ1) is 11.2. The van der Waals surface area contributed by atoms with Crippen LogP contribution in [0.1, 0.15) is 49.1 Å². The zero-order valence-electron chi connectivity index (χ0n) is 9.81. The Morgan fingerprint density at radius 3 is 2.80 bits per heavy atom. The van der Waals surface area contributed by atoms with Crippen LogP contribution in [-0.4, -0.2) is 6.04 Å². The quantitative estimate of drug-likeness (QED) is 0.778. The number of aryl methyl sites for hydroxylation is 1. The SMILES string of the molecule is CCCc1c(CNC2CC2)csc1CC. The Morgan fingerprint density at radius 1 is 1.40 bits per heavy atom. The van der Waals surface area contributed by atoms with Gasteiger partial charge in [-0.1, -0.05) is 20.3 Å². The van der Waals surface area contributed by atoms with E-state index in [1.54, 1.807) is 16.0 Å². The molecule has 1 N–H and O–H groups in total. The van der Waals surface area contributed by atoms with E-state index in [0.717, 1.165) is 12.6 Å². The molecule has 1 aliphatic rings. The van der Waals surface area contributed by atoms with Crippen LogP contribution < -0.4 is 5.32 Å². The van der Waals surface area contributed by atoms with Crippen LogP contribution in [0.3, 0.4) is 0 Å². The molecule has 15 heavy (non-hydrogen) atoms. The molecule has 0 aromatic carbocycles. The van der Waals surface area contributed by atoms with Crippen LogP contribution in [0.2, 0.25) is 0 Å². The number of hydrogen-bond donors (Lipinski definition) is 1. The van der Waals surface area contributed by atoms with Crippen molar-refractivity contribution in [2.45, 2.75) is 58.5 Å². The summed E-state index contributed by atoms with van der Waals surface area (Å²) in [5.74, 6) is 0. The summed E-state index contributed by atoms with van der Waals surface area (Å²) in [7, 11) is 0. The van der Waals surface area contributed by atoms with Crippen LogP contribution in [0.5, 0.6) is 0 Å². The number of rotatable bonds is 6. The van der Waals surface area contributed by atoms with E-state index in [0.29, 0.717) is 0 Å². The second-order valence-corrected chi connectivity index (χ2v) is 5.39. The maximum absolute atomic E-state index is 3.62. The maximum Gasteiger partial charge on any atom is 0.0219 e. The first-order chi connectivity index (χ1) is 7.35. The molecule has 2 rings (SSSR count). The van der Waals surface area contributed by atoms with E-state index in [1.165, 1.54) is 32.1 Å². The van der Waals surface area contributed by atoms with Crippen molar-refractivity contribution in [3.8, 4) is 0 Å². The Balaban J connectivity index is 2.02. The van der Waals surface area contributed by atoms with Crippen molar-refractivity contribution in [1.82, 2.24) is 5.32 Å². The van der Waals surface area contributed by atoms with E-state index in [4.69, 9.17) is 0 Å². The minimum absolute atomic E-state index is 0.824. The van der Waals surface area contributed by atoms with Gasteiger partial charge in [-0.3, -0.25) is 0 Å². The Morgan fingerprint density at radius 2 is 2.20 bits per heavy atom. The van der Waals surface area contributed by atoms with E-state index < -0.39 is 0 Å². The van der Waals surface area contributed by atoms with Crippen LogP contribution in [0.25, 0.3) is 0 Å². The van der Waals surface area contributed by atoms with Crippen molar-refractivity contribution >= 4 is 11.3 Å². The molecule has 0 atom stereocenters. The molecular weight excluding hydrogens is 202 g/mol. The van der Waals surface area contributed by atoms with Gasteiger partial charge in [0, 0.05) is 17.5 Å². The molecule has 1 aliphatic carbocycles. The lowest BCUT2D eigenvalue weighted by molar-refractivity contribution is 0.682. The number of hydrogen-bond acceptors (Lipinski definition) is 2. The summed E-state index contributed by atoms with van der Waals surface area (Å²) in [6.07, 6.45) is 6.49. The van der Waals surface area contributed by atoms with Crippen molar-refractivity contribution in [3.05, 3.63) is 21.4 Å². The molecule has 2 heteroatoms. The van der Waals surface area contributed by atoms with Crippen molar-refractivity contribution in [1.29, 1.82) is 0 Å². The Kier molecular flexibility index (Phi) is 3.81. The number of nitrogens with one attached hydrogen (secondary N) is 1. The number of thiophene rings is 1. The molecule has 0 unspecified atom stereocenters. The Labute approximate surface area is 96.9 Å². The van der Waals surface area contributed by atoms with Crippen LogP contribution >= 0.6 is 11.3 Å². The van der Waals surface area contributed by atoms with Gasteiger partial charge >= 0.3 is 0 Å². The molecule has 1 fully saturated rings. The molecule has 84 valence electrons. The summed E-state index contributed by atoms with van der Waals surface area (Å²) < 4.78 is 0. The maximum atomic E-state index is 3.62. The van der Waals surface area contributed by atoms with Crippen molar-refractivity contribution < 1.29 is 0 Å². The largest absolute Gasteiger partial charge is 0.310 e. The zero-order chi connectivity index (χ0) is 10.7. The van der Waals surface area contributed by atoms with Crippen LogP contribution in [0, 0.1) is 0 Å². The van der Waals surface area contributed by atoms with E-state index in [-0.39, 0.29) is 0 Å². The molecule has 1 heterocycles. The summed E-state index contributed by atoms with van der Waals surface area (Å²) in [6.45, 7) is 5.63. The van der Waals surface area contributed by atoms with Crippen LogP contribution in [0.4, 0.5) is 0 Å². The third-order valence-electron chi connectivity index (χ3n) is 3.05. The molecule has 0 aliphatic heterocycles. The van der Waals surface area contributed by atoms with Gasteiger partial charge in [-0.15, -0.1) is 11.3 Å². The van der Waals surface area contributed by atoms with Crippen LogP contribution in [-0.2, 0) is 19.4 Å². The third kappa shape index (κ3) is 2.82. The van der Waals surface area contributed by atoms with Gasteiger partial charge in [0.2, 0.25) is 0 Å². The highest BCUT2D eigenvalue weighted by molar-refractivity contribution is 7.10. The Bertz CT molecular complexity index is 312. The Hall–Kier alpha value is -0.340. The highest BCUT2D eigenvalue weighted by Crippen LogP contribution is 2.26. The van der Waals surface area contributed by atoms with E-state index in [2.05, 4.69) is 24.5 Å². The van der Waals surface area contributed by atoms with Gasteiger partial charge in [-0.2, -0.15) is 0 Å². The minimum atomic E-state index is 0.824. The average molecular weight is 223 g/mol.